The lowest BCUT2D eigenvalue weighted by Crippen LogP contribution is -2.48. The summed E-state index contributed by atoms with van der Waals surface area (Å²) in [4.78, 5) is 42.6. The number of hydrogen-bond acceptors (Lipinski definition) is 9. The fourth-order valence-corrected chi connectivity index (χ4v) is 4.17. The molecule has 0 aromatic carbocycles. The van der Waals surface area contributed by atoms with Crippen molar-refractivity contribution in [2.75, 3.05) is 37.4 Å². The van der Waals surface area contributed by atoms with Gasteiger partial charge in [-0.05, 0) is 53.5 Å². The van der Waals surface area contributed by atoms with Crippen LogP contribution in [0.25, 0.3) is 5.57 Å². The van der Waals surface area contributed by atoms with Gasteiger partial charge in [0.2, 0.25) is 5.91 Å². The summed E-state index contributed by atoms with van der Waals surface area (Å²) in [5.74, 6) is 1.74. The van der Waals surface area contributed by atoms with Crippen LogP contribution < -0.4 is 15.5 Å². The lowest BCUT2D eigenvalue weighted by atomic mass is 10.2. The smallest absolute Gasteiger partial charge is 0.410 e. The SMILES string of the molecule is C/C=C(\CC)c1cnc(Nc2cc(N(C)CCNC(=O)C(C)N(C)C(=O)OC(C)(C)C)nc(C)n2)s1.CC. The number of allylic oxidation sites excluding steroid dienone is 2. The van der Waals surface area contributed by atoms with Gasteiger partial charge in [-0.1, -0.05) is 38.2 Å². The minimum absolute atomic E-state index is 0.259. The first-order valence-electron chi connectivity index (χ1n) is 13.0. The molecule has 212 valence electrons. The molecule has 0 fully saturated rings. The van der Waals surface area contributed by atoms with Crippen LogP contribution in [-0.2, 0) is 9.53 Å². The van der Waals surface area contributed by atoms with Gasteiger partial charge in [-0.3, -0.25) is 9.69 Å². The zero-order valence-electron chi connectivity index (χ0n) is 24.8. The lowest BCUT2D eigenvalue weighted by Gasteiger charge is -2.28. The Morgan fingerprint density at radius 3 is 2.45 bits per heavy atom. The number of aromatic nitrogens is 3. The van der Waals surface area contributed by atoms with Gasteiger partial charge in [-0.15, -0.1) is 0 Å². The standard InChI is InChI=1S/C25H39N7O3S.C2H6/c1-10-18(11-2)19-15-27-23(36-19)30-20-14-21(29-17(4)28-20)31(8)13-12-26-22(33)16(3)32(9)24(34)35-25(5,6)7;1-2/h10,14-16H,11-13H2,1-9H3,(H,26,33)(H,27,28,29,30);1-2H3/b18-10+;. The molecule has 0 aliphatic heterocycles. The third-order valence-corrected chi connectivity index (χ3v) is 6.38. The van der Waals surface area contributed by atoms with Crippen LogP contribution in [0.2, 0.25) is 0 Å². The first kappa shape index (κ1) is 32.8. The Morgan fingerprint density at radius 1 is 1.21 bits per heavy atom. The second-order valence-electron chi connectivity index (χ2n) is 9.46. The van der Waals surface area contributed by atoms with E-state index in [0.717, 1.165) is 22.2 Å². The van der Waals surface area contributed by atoms with Crippen LogP contribution in [0.3, 0.4) is 0 Å². The summed E-state index contributed by atoms with van der Waals surface area (Å²) < 4.78 is 5.33. The number of likely N-dealkylation sites (N-methyl/N-ethyl adjacent to an activating group) is 2. The van der Waals surface area contributed by atoms with Gasteiger partial charge in [0.05, 0.1) is 4.88 Å². The van der Waals surface area contributed by atoms with E-state index in [1.54, 1.807) is 46.1 Å². The number of ether oxygens (including phenoxy) is 1. The molecule has 38 heavy (non-hydrogen) atoms. The van der Waals surface area contributed by atoms with Crippen molar-refractivity contribution in [1.29, 1.82) is 0 Å². The first-order valence-corrected chi connectivity index (χ1v) is 13.8. The number of amides is 2. The van der Waals surface area contributed by atoms with E-state index < -0.39 is 17.7 Å². The van der Waals surface area contributed by atoms with Crippen LogP contribution in [0.1, 0.15) is 72.5 Å². The molecular weight excluding hydrogens is 502 g/mol. The number of carbonyl (C=O) groups is 2. The maximum absolute atomic E-state index is 12.6. The minimum atomic E-state index is -0.666. The van der Waals surface area contributed by atoms with Crippen LogP contribution in [0.4, 0.5) is 21.6 Å². The Morgan fingerprint density at radius 2 is 1.87 bits per heavy atom. The molecule has 2 aromatic rings. The Hall–Kier alpha value is -3.21. The summed E-state index contributed by atoms with van der Waals surface area (Å²) in [6.45, 7) is 17.9. The molecule has 0 radical (unpaired) electrons. The first-order chi connectivity index (χ1) is 17.8. The number of anilines is 3. The molecule has 10 nitrogen and oxygen atoms in total. The van der Waals surface area contributed by atoms with Gasteiger partial charge in [0.15, 0.2) is 5.13 Å². The molecule has 1 atom stereocenters. The van der Waals surface area contributed by atoms with E-state index in [4.69, 9.17) is 4.74 Å². The fourth-order valence-electron chi connectivity index (χ4n) is 3.20. The van der Waals surface area contributed by atoms with Gasteiger partial charge < -0.3 is 20.3 Å². The summed E-state index contributed by atoms with van der Waals surface area (Å²) in [5.41, 5.74) is 0.633. The third kappa shape index (κ3) is 10.3. The number of nitrogens with zero attached hydrogens (tertiary/aromatic N) is 5. The van der Waals surface area contributed by atoms with Crippen molar-refractivity contribution in [2.24, 2.45) is 0 Å². The Balaban J connectivity index is 0.00000352. The second kappa shape index (κ2) is 15.3. The quantitative estimate of drug-likeness (QED) is 0.393. The molecule has 0 bridgehead atoms. The van der Waals surface area contributed by atoms with Gasteiger partial charge in [-0.25, -0.2) is 19.7 Å². The zero-order valence-corrected chi connectivity index (χ0v) is 25.6. The molecule has 2 rings (SSSR count). The highest BCUT2D eigenvalue weighted by molar-refractivity contribution is 7.16. The Bertz CT molecular complexity index is 1080. The van der Waals surface area contributed by atoms with E-state index in [-0.39, 0.29) is 5.91 Å². The van der Waals surface area contributed by atoms with Crippen molar-refractivity contribution < 1.29 is 14.3 Å². The normalized spacial score (nSPS) is 12.1. The van der Waals surface area contributed by atoms with Crippen LogP contribution in [0.5, 0.6) is 0 Å². The molecule has 0 saturated heterocycles. The van der Waals surface area contributed by atoms with E-state index in [2.05, 4.69) is 38.6 Å². The highest BCUT2D eigenvalue weighted by Gasteiger charge is 2.26. The van der Waals surface area contributed by atoms with Crippen molar-refractivity contribution in [3.8, 4) is 0 Å². The van der Waals surface area contributed by atoms with Gasteiger partial charge in [0.1, 0.15) is 29.1 Å². The highest BCUT2D eigenvalue weighted by Crippen LogP contribution is 2.29. The maximum atomic E-state index is 12.6. The summed E-state index contributed by atoms with van der Waals surface area (Å²) in [6.07, 6.45) is 4.39. The number of aryl methyl sites for hydroxylation is 1. The van der Waals surface area contributed by atoms with Crippen molar-refractivity contribution >= 4 is 45.7 Å². The van der Waals surface area contributed by atoms with Gasteiger partial charge >= 0.3 is 6.09 Å². The molecule has 2 amide bonds. The number of thiazole rings is 1. The molecule has 0 saturated carbocycles. The number of nitrogens with one attached hydrogen (secondary N) is 2. The maximum Gasteiger partial charge on any atom is 0.410 e. The molecule has 0 spiro atoms. The second-order valence-corrected chi connectivity index (χ2v) is 10.5. The predicted molar refractivity (Wildman–Crippen MR) is 157 cm³/mol. The summed E-state index contributed by atoms with van der Waals surface area (Å²) in [5, 5.41) is 6.91. The van der Waals surface area contributed by atoms with Gasteiger partial charge in [-0.2, -0.15) is 0 Å². The number of carbonyl (C=O) groups excluding carboxylic acids is 2. The van der Waals surface area contributed by atoms with Crippen LogP contribution in [-0.4, -0.2) is 70.7 Å². The van der Waals surface area contributed by atoms with E-state index in [1.807, 2.05) is 51.9 Å². The molecule has 2 aromatic heterocycles. The van der Waals surface area contributed by atoms with Crippen LogP contribution >= 0.6 is 11.3 Å². The topological polar surface area (TPSA) is 113 Å². The average molecular weight is 548 g/mol. The van der Waals surface area contributed by atoms with Gasteiger partial charge in [0.25, 0.3) is 0 Å². The molecular formula is C27H45N7O3S. The average Bonchev–Trinajstić information content (AvgIpc) is 3.31. The number of hydrogen-bond donors (Lipinski definition) is 2. The fraction of sp³-hybridized carbons (Fsp3) is 0.593. The third-order valence-electron chi connectivity index (χ3n) is 5.39. The molecule has 0 aliphatic carbocycles. The van der Waals surface area contributed by atoms with Crippen molar-refractivity contribution in [1.82, 2.24) is 25.2 Å². The molecule has 2 N–H and O–H groups in total. The van der Waals surface area contributed by atoms with E-state index >= 15 is 0 Å². The van der Waals surface area contributed by atoms with Gasteiger partial charge in [0, 0.05) is 39.4 Å². The molecule has 1 unspecified atom stereocenters. The molecule has 2 heterocycles. The van der Waals surface area contributed by atoms with E-state index in [0.29, 0.717) is 24.7 Å². The van der Waals surface area contributed by atoms with Crippen molar-refractivity contribution in [2.45, 2.75) is 80.4 Å². The van der Waals surface area contributed by atoms with Crippen molar-refractivity contribution in [3.63, 3.8) is 0 Å². The molecule has 0 aliphatic rings. The van der Waals surface area contributed by atoms with E-state index in [9.17, 15) is 9.59 Å². The van der Waals surface area contributed by atoms with Crippen LogP contribution in [0.15, 0.2) is 18.3 Å². The van der Waals surface area contributed by atoms with Crippen molar-refractivity contribution in [3.05, 3.63) is 29.0 Å². The molecule has 11 heteroatoms. The Kier molecular flexibility index (Phi) is 13.2. The monoisotopic (exact) mass is 547 g/mol. The summed E-state index contributed by atoms with van der Waals surface area (Å²) in [7, 11) is 3.45. The summed E-state index contributed by atoms with van der Waals surface area (Å²) >= 11 is 1.58. The largest absolute Gasteiger partial charge is 0.444 e. The minimum Gasteiger partial charge on any atom is -0.444 e. The predicted octanol–water partition coefficient (Wildman–Crippen LogP) is 5.63. The summed E-state index contributed by atoms with van der Waals surface area (Å²) in [6, 6.07) is 1.19. The van der Waals surface area contributed by atoms with E-state index in [1.165, 1.54) is 10.5 Å². The lowest BCUT2D eigenvalue weighted by molar-refractivity contribution is -0.125. The Labute approximate surface area is 231 Å². The number of rotatable bonds is 10. The van der Waals surface area contributed by atoms with Crippen LogP contribution in [0, 0.1) is 6.92 Å². The zero-order chi connectivity index (χ0) is 29.0. The highest BCUT2D eigenvalue weighted by atomic mass is 32.1.